The first-order valence-corrected chi connectivity index (χ1v) is 12.0. The SMILES string of the molecule is Cc1cccc(-c2n[nH]c(=S)n2CCC(=O)Nc2cccc(C3SCCS3)c2)c1. The fourth-order valence-electron chi connectivity index (χ4n) is 3.28. The molecule has 0 unspecified atom stereocenters. The largest absolute Gasteiger partial charge is 0.326 e. The van der Waals surface area contributed by atoms with Crippen molar-refractivity contribution >= 4 is 47.3 Å². The summed E-state index contributed by atoms with van der Waals surface area (Å²) in [4.78, 5) is 12.6. The minimum atomic E-state index is -0.0350. The summed E-state index contributed by atoms with van der Waals surface area (Å²) < 4.78 is 2.87. The van der Waals surface area contributed by atoms with Crippen LogP contribution in [0.5, 0.6) is 0 Å². The molecule has 0 aliphatic carbocycles. The van der Waals surface area contributed by atoms with Gasteiger partial charge in [0.25, 0.3) is 0 Å². The first-order chi connectivity index (χ1) is 14.1. The highest BCUT2D eigenvalue weighted by Crippen LogP contribution is 2.45. The van der Waals surface area contributed by atoms with Crippen molar-refractivity contribution in [2.75, 3.05) is 16.8 Å². The molecule has 1 amide bonds. The van der Waals surface area contributed by atoms with Crippen LogP contribution in [0, 0.1) is 11.7 Å². The summed E-state index contributed by atoms with van der Waals surface area (Å²) in [6.45, 7) is 2.51. The summed E-state index contributed by atoms with van der Waals surface area (Å²) in [7, 11) is 0. The van der Waals surface area contributed by atoms with Gasteiger partial charge in [0.15, 0.2) is 10.6 Å². The van der Waals surface area contributed by atoms with Gasteiger partial charge in [0.05, 0.1) is 4.58 Å². The molecule has 1 aliphatic heterocycles. The lowest BCUT2D eigenvalue weighted by atomic mass is 10.1. The number of amides is 1. The molecule has 0 atom stereocenters. The number of nitrogens with zero attached hydrogens (tertiary/aromatic N) is 2. The number of aromatic amines is 1. The number of rotatable bonds is 6. The molecule has 1 fully saturated rings. The van der Waals surface area contributed by atoms with E-state index in [-0.39, 0.29) is 5.91 Å². The van der Waals surface area contributed by atoms with Gasteiger partial charge in [0.1, 0.15) is 0 Å². The van der Waals surface area contributed by atoms with Crippen molar-refractivity contribution in [2.45, 2.75) is 24.5 Å². The number of benzene rings is 2. The van der Waals surface area contributed by atoms with Gasteiger partial charge in [0.2, 0.25) is 5.91 Å². The number of carbonyl (C=O) groups excluding carboxylic acids is 1. The third-order valence-electron chi connectivity index (χ3n) is 4.66. The zero-order chi connectivity index (χ0) is 20.2. The number of H-pyrrole nitrogens is 1. The summed E-state index contributed by atoms with van der Waals surface area (Å²) in [6, 6.07) is 16.2. The van der Waals surface area contributed by atoms with E-state index in [4.69, 9.17) is 12.2 Å². The Hall–Kier alpha value is -2.03. The molecule has 1 saturated heterocycles. The zero-order valence-electron chi connectivity index (χ0n) is 16.1. The van der Waals surface area contributed by atoms with Gasteiger partial charge in [-0.3, -0.25) is 14.5 Å². The van der Waals surface area contributed by atoms with E-state index in [0.29, 0.717) is 22.3 Å². The van der Waals surface area contributed by atoms with E-state index in [0.717, 1.165) is 22.6 Å². The van der Waals surface area contributed by atoms with Crippen LogP contribution in [0.25, 0.3) is 11.4 Å². The van der Waals surface area contributed by atoms with Gasteiger partial charge in [0, 0.05) is 35.7 Å². The van der Waals surface area contributed by atoms with Crippen LogP contribution in [0.15, 0.2) is 48.5 Å². The van der Waals surface area contributed by atoms with Gasteiger partial charge in [-0.2, -0.15) is 5.10 Å². The van der Waals surface area contributed by atoms with Gasteiger partial charge in [-0.1, -0.05) is 35.9 Å². The second kappa shape index (κ2) is 9.19. The molecule has 3 aromatic rings. The molecule has 150 valence electrons. The van der Waals surface area contributed by atoms with E-state index in [1.165, 1.54) is 17.1 Å². The zero-order valence-corrected chi connectivity index (χ0v) is 18.5. The molecule has 29 heavy (non-hydrogen) atoms. The molecule has 2 N–H and O–H groups in total. The second-order valence-electron chi connectivity index (χ2n) is 6.87. The van der Waals surface area contributed by atoms with E-state index in [2.05, 4.69) is 33.7 Å². The van der Waals surface area contributed by atoms with Crippen molar-refractivity contribution in [1.29, 1.82) is 0 Å². The molecule has 0 radical (unpaired) electrons. The van der Waals surface area contributed by atoms with Crippen molar-refractivity contribution in [2.24, 2.45) is 0 Å². The molecule has 0 saturated carbocycles. The summed E-state index contributed by atoms with van der Waals surface area (Å²) in [5.41, 5.74) is 4.24. The Labute approximate surface area is 183 Å². The van der Waals surface area contributed by atoms with E-state index in [1.54, 1.807) is 0 Å². The molecular weight excluding hydrogens is 420 g/mol. The summed E-state index contributed by atoms with van der Waals surface area (Å²) >= 11 is 9.29. The number of thioether (sulfide) groups is 2. The number of anilines is 1. The lowest BCUT2D eigenvalue weighted by Crippen LogP contribution is -2.15. The van der Waals surface area contributed by atoms with E-state index >= 15 is 0 Å². The highest BCUT2D eigenvalue weighted by Gasteiger charge is 2.18. The Morgan fingerprint density at radius 2 is 2.03 bits per heavy atom. The highest BCUT2D eigenvalue weighted by atomic mass is 32.2. The highest BCUT2D eigenvalue weighted by molar-refractivity contribution is 8.19. The third-order valence-corrected chi connectivity index (χ3v) is 8.08. The fourth-order valence-corrected chi connectivity index (χ4v) is 6.34. The van der Waals surface area contributed by atoms with Crippen molar-refractivity contribution in [3.8, 4) is 11.4 Å². The Kier molecular flexibility index (Phi) is 6.42. The monoisotopic (exact) mass is 442 g/mol. The maximum Gasteiger partial charge on any atom is 0.226 e. The maximum absolute atomic E-state index is 12.6. The minimum absolute atomic E-state index is 0.0350. The minimum Gasteiger partial charge on any atom is -0.326 e. The average molecular weight is 443 g/mol. The van der Waals surface area contributed by atoms with Gasteiger partial charge in [-0.25, -0.2) is 0 Å². The van der Waals surface area contributed by atoms with Crippen molar-refractivity contribution < 1.29 is 4.79 Å². The van der Waals surface area contributed by atoms with E-state index in [1.807, 2.05) is 65.3 Å². The van der Waals surface area contributed by atoms with Gasteiger partial charge >= 0.3 is 0 Å². The first-order valence-electron chi connectivity index (χ1n) is 9.45. The van der Waals surface area contributed by atoms with Crippen LogP contribution in [-0.2, 0) is 11.3 Å². The van der Waals surface area contributed by atoms with Crippen LogP contribution in [0.2, 0.25) is 0 Å². The van der Waals surface area contributed by atoms with E-state index < -0.39 is 0 Å². The molecule has 1 aliphatic rings. The Balaban J connectivity index is 1.42. The van der Waals surface area contributed by atoms with Gasteiger partial charge in [-0.15, -0.1) is 23.5 Å². The van der Waals surface area contributed by atoms with E-state index in [9.17, 15) is 4.79 Å². The molecule has 4 rings (SSSR count). The molecule has 0 spiro atoms. The topological polar surface area (TPSA) is 62.7 Å². The fraction of sp³-hybridized carbons (Fsp3) is 0.286. The lowest BCUT2D eigenvalue weighted by Gasteiger charge is -2.12. The Morgan fingerprint density at radius 1 is 1.24 bits per heavy atom. The number of hydrogen-bond acceptors (Lipinski definition) is 5. The first kappa shape index (κ1) is 20.3. The van der Waals surface area contributed by atoms with Crippen LogP contribution in [0.1, 0.15) is 22.1 Å². The summed E-state index contributed by atoms with van der Waals surface area (Å²) in [6.07, 6.45) is 0.323. The average Bonchev–Trinajstić information content (AvgIpc) is 3.37. The predicted octanol–water partition coefficient (Wildman–Crippen LogP) is 5.42. The molecule has 8 heteroatoms. The van der Waals surface area contributed by atoms with Crippen molar-refractivity contribution in [3.05, 3.63) is 64.4 Å². The normalized spacial score (nSPS) is 14.2. The second-order valence-corrected chi connectivity index (χ2v) is 9.98. The lowest BCUT2D eigenvalue weighted by molar-refractivity contribution is -0.116. The molecule has 1 aromatic heterocycles. The summed E-state index contributed by atoms with van der Waals surface area (Å²) in [5.74, 6) is 3.08. The molecule has 0 bridgehead atoms. The van der Waals surface area contributed by atoms with Crippen LogP contribution < -0.4 is 5.32 Å². The van der Waals surface area contributed by atoms with Crippen molar-refractivity contribution in [3.63, 3.8) is 0 Å². The van der Waals surface area contributed by atoms with Crippen molar-refractivity contribution in [1.82, 2.24) is 14.8 Å². The molecule has 2 aromatic carbocycles. The summed E-state index contributed by atoms with van der Waals surface area (Å²) in [5, 5.41) is 10.2. The molecular formula is C21H22N4OS3. The molecule has 2 heterocycles. The van der Waals surface area contributed by atoms with Gasteiger partial charge in [-0.05, 0) is 42.9 Å². The molecule has 5 nitrogen and oxygen atoms in total. The van der Waals surface area contributed by atoms with Crippen LogP contribution in [-0.4, -0.2) is 32.2 Å². The third kappa shape index (κ3) is 4.94. The number of nitrogens with one attached hydrogen (secondary N) is 2. The van der Waals surface area contributed by atoms with Crippen LogP contribution in [0.3, 0.4) is 0 Å². The smallest absolute Gasteiger partial charge is 0.226 e. The number of carbonyl (C=O) groups is 1. The predicted molar refractivity (Wildman–Crippen MR) is 125 cm³/mol. The Bertz CT molecular complexity index is 1070. The number of hydrogen-bond donors (Lipinski definition) is 2. The van der Waals surface area contributed by atoms with Crippen LogP contribution in [0.4, 0.5) is 5.69 Å². The maximum atomic E-state index is 12.6. The van der Waals surface area contributed by atoms with Crippen LogP contribution >= 0.6 is 35.7 Å². The number of aryl methyl sites for hydroxylation is 1. The Morgan fingerprint density at radius 3 is 2.83 bits per heavy atom. The number of aromatic nitrogens is 3. The quantitative estimate of drug-likeness (QED) is 0.499. The van der Waals surface area contributed by atoms with Gasteiger partial charge < -0.3 is 5.32 Å². The standard InChI is InChI=1S/C21H22N4OS3/c1-14-4-2-5-15(12-14)19-23-24-21(27)25(19)9-8-18(26)22-17-7-3-6-16(13-17)20-28-10-11-29-20/h2-7,12-13,20H,8-11H2,1H3,(H,22,26)(H,24,27).